The third-order valence-electron chi connectivity index (χ3n) is 2.76. The molecule has 0 aliphatic carbocycles. The lowest BCUT2D eigenvalue weighted by atomic mass is 10.1. The van der Waals surface area contributed by atoms with Crippen LogP contribution in [0.1, 0.15) is 10.4 Å². The van der Waals surface area contributed by atoms with Crippen LogP contribution in [0.3, 0.4) is 0 Å². The molecule has 0 aliphatic heterocycles. The Morgan fingerprint density at radius 3 is 1.95 bits per heavy atom. The summed E-state index contributed by atoms with van der Waals surface area (Å²) in [6.45, 7) is 0. The minimum atomic E-state index is -1.83. The zero-order valence-corrected chi connectivity index (χ0v) is 12.6. The van der Waals surface area contributed by atoms with Gasteiger partial charge in [-0.05, 0) is 24.3 Å². The smallest absolute Gasteiger partial charge is 0.261 e. The number of carbonyl (C=O) groups excluding carboxylic acids is 1. The van der Waals surface area contributed by atoms with Crippen LogP contribution in [-0.2, 0) is 0 Å². The first-order valence-corrected chi connectivity index (χ1v) is 6.63. The summed E-state index contributed by atoms with van der Waals surface area (Å²) >= 11 is 3.17. The number of carbonyl (C=O) groups is 1. The number of anilines is 1. The van der Waals surface area contributed by atoms with Gasteiger partial charge in [-0.3, -0.25) is 4.79 Å². The molecule has 0 spiro atoms. The first-order valence-electron chi connectivity index (χ1n) is 5.83. The number of rotatable bonds is 3. The average Bonchev–Trinajstić information content (AvgIpc) is 2.48. The number of ether oxygens (including phenoxy) is 1. The summed E-state index contributed by atoms with van der Waals surface area (Å²) in [5.41, 5.74) is -1.16. The van der Waals surface area contributed by atoms with E-state index in [1.807, 2.05) is 0 Å². The van der Waals surface area contributed by atoms with Gasteiger partial charge in [-0.2, -0.15) is 8.78 Å². The highest BCUT2D eigenvalue weighted by Crippen LogP contribution is 2.30. The summed E-state index contributed by atoms with van der Waals surface area (Å²) < 4.78 is 59.6. The molecule has 0 saturated carbocycles. The summed E-state index contributed by atoms with van der Waals surface area (Å²) in [6.07, 6.45) is 0. The van der Waals surface area contributed by atoms with Gasteiger partial charge in [-0.25, -0.2) is 8.78 Å². The van der Waals surface area contributed by atoms with Crippen LogP contribution >= 0.6 is 15.9 Å². The van der Waals surface area contributed by atoms with Crippen molar-refractivity contribution < 1.29 is 27.1 Å². The number of nitrogens with one attached hydrogen (secondary N) is 1. The van der Waals surface area contributed by atoms with Crippen molar-refractivity contribution in [3.8, 4) is 5.75 Å². The molecule has 0 aromatic heterocycles. The molecule has 116 valence electrons. The third kappa shape index (κ3) is 2.92. The van der Waals surface area contributed by atoms with E-state index < -0.39 is 40.5 Å². The predicted molar refractivity (Wildman–Crippen MR) is 74.9 cm³/mol. The second-order valence-corrected chi connectivity index (χ2v) is 5.04. The summed E-state index contributed by atoms with van der Waals surface area (Å²) in [4.78, 5) is 11.9. The lowest BCUT2D eigenvalue weighted by molar-refractivity contribution is 0.101. The molecule has 0 saturated heterocycles. The molecule has 0 heterocycles. The second-order valence-electron chi connectivity index (χ2n) is 4.13. The molecule has 0 fully saturated rings. The SMILES string of the molecule is COc1c(F)c(F)c(C(=O)Nc2ccc(Br)cc2)c(F)c1F. The molecular weight excluding hydrogens is 370 g/mol. The highest BCUT2D eigenvalue weighted by atomic mass is 79.9. The van der Waals surface area contributed by atoms with Gasteiger partial charge in [0.25, 0.3) is 5.91 Å². The van der Waals surface area contributed by atoms with Gasteiger partial charge >= 0.3 is 0 Å². The second kappa shape index (κ2) is 6.35. The molecular formula is C14H8BrF4NO2. The van der Waals surface area contributed by atoms with Crippen molar-refractivity contribution in [2.24, 2.45) is 0 Å². The molecule has 1 N–H and O–H groups in total. The summed E-state index contributed by atoms with van der Waals surface area (Å²) in [5.74, 6) is -9.76. The molecule has 0 radical (unpaired) electrons. The van der Waals surface area contributed by atoms with Gasteiger partial charge in [0.2, 0.25) is 11.6 Å². The lowest BCUT2D eigenvalue weighted by Crippen LogP contribution is -2.18. The van der Waals surface area contributed by atoms with Gasteiger partial charge in [-0.1, -0.05) is 15.9 Å². The van der Waals surface area contributed by atoms with Gasteiger partial charge in [0.05, 0.1) is 7.11 Å². The predicted octanol–water partition coefficient (Wildman–Crippen LogP) is 4.27. The molecule has 2 aromatic carbocycles. The Bertz CT molecular complexity index is 706. The Balaban J connectivity index is 2.44. The highest BCUT2D eigenvalue weighted by Gasteiger charge is 2.30. The van der Waals surface area contributed by atoms with Gasteiger partial charge in [-0.15, -0.1) is 0 Å². The van der Waals surface area contributed by atoms with Crippen LogP contribution in [0.2, 0.25) is 0 Å². The fourth-order valence-electron chi connectivity index (χ4n) is 1.72. The topological polar surface area (TPSA) is 38.3 Å². The van der Waals surface area contributed by atoms with E-state index in [4.69, 9.17) is 0 Å². The highest BCUT2D eigenvalue weighted by molar-refractivity contribution is 9.10. The molecule has 2 aromatic rings. The normalized spacial score (nSPS) is 10.5. The van der Waals surface area contributed by atoms with Crippen molar-refractivity contribution in [1.82, 2.24) is 0 Å². The van der Waals surface area contributed by atoms with E-state index in [1.54, 1.807) is 12.1 Å². The summed E-state index contributed by atoms with van der Waals surface area (Å²) in [5, 5.41) is 2.15. The van der Waals surface area contributed by atoms with Crippen LogP contribution in [0.4, 0.5) is 23.2 Å². The van der Waals surface area contributed by atoms with E-state index in [0.717, 1.165) is 7.11 Å². The third-order valence-corrected chi connectivity index (χ3v) is 3.29. The van der Waals surface area contributed by atoms with Crippen molar-refractivity contribution in [3.63, 3.8) is 0 Å². The molecule has 3 nitrogen and oxygen atoms in total. The largest absolute Gasteiger partial charge is 0.491 e. The van der Waals surface area contributed by atoms with Crippen molar-refractivity contribution in [1.29, 1.82) is 0 Å². The first-order chi connectivity index (χ1) is 10.4. The summed E-state index contributed by atoms with van der Waals surface area (Å²) in [7, 11) is 0.849. The standard InChI is InChI=1S/C14H8BrF4NO2/c1-22-13-11(18)9(16)8(10(17)12(13)19)14(21)20-7-4-2-6(15)3-5-7/h2-5H,1H3,(H,20,21). The minimum absolute atomic E-state index is 0.198. The molecule has 1 amide bonds. The maximum absolute atomic E-state index is 13.8. The van der Waals surface area contributed by atoms with Crippen molar-refractivity contribution in [3.05, 3.63) is 57.6 Å². The van der Waals surface area contributed by atoms with E-state index in [1.165, 1.54) is 12.1 Å². The van der Waals surface area contributed by atoms with Gasteiger partial charge < -0.3 is 10.1 Å². The Morgan fingerprint density at radius 1 is 1.00 bits per heavy atom. The van der Waals surface area contributed by atoms with Crippen LogP contribution in [-0.4, -0.2) is 13.0 Å². The fraction of sp³-hybridized carbons (Fsp3) is 0.0714. The average molecular weight is 378 g/mol. The molecule has 0 aliphatic rings. The van der Waals surface area contributed by atoms with E-state index in [2.05, 4.69) is 26.0 Å². The van der Waals surface area contributed by atoms with E-state index >= 15 is 0 Å². The zero-order valence-electron chi connectivity index (χ0n) is 11.0. The molecule has 22 heavy (non-hydrogen) atoms. The number of halogens is 5. The van der Waals surface area contributed by atoms with Crippen LogP contribution in [0, 0.1) is 23.3 Å². The molecule has 8 heteroatoms. The van der Waals surface area contributed by atoms with Crippen molar-refractivity contribution >= 4 is 27.5 Å². The fourth-order valence-corrected chi connectivity index (χ4v) is 1.98. The van der Waals surface area contributed by atoms with E-state index in [0.29, 0.717) is 4.47 Å². The summed E-state index contributed by atoms with van der Waals surface area (Å²) in [6, 6.07) is 6.01. The van der Waals surface area contributed by atoms with Gasteiger partial charge in [0.15, 0.2) is 17.4 Å². The Hall–Kier alpha value is -2.09. The lowest BCUT2D eigenvalue weighted by Gasteiger charge is -2.11. The van der Waals surface area contributed by atoms with Crippen molar-refractivity contribution in [2.45, 2.75) is 0 Å². The molecule has 0 unspecified atom stereocenters. The monoisotopic (exact) mass is 377 g/mol. The minimum Gasteiger partial charge on any atom is -0.491 e. The van der Waals surface area contributed by atoms with Gasteiger partial charge in [0, 0.05) is 10.2 Å². The van der Waals surface area contributed by atoms with Crippen LogP contribution in [0.5, 0.6) is 5.75 Å². The van der Waals surface area contributed by atoms with E-state index in [9.17, 15) is 22.4 Å². The van der Waals surface area contributed by atoms with Crippen LogP contribution < -0.4 is 10.1 Å². The van der Waals surface area contributed by atoms with Gasteiger partial charge in [0.1, 0.15) is 5.56 Å². The molecule has 2 rings (SSSR count). The number of amides is 1. The quantitative estimate of drug-likeness (QED) is 0.640. The first kappa shape index (κ1) is 16.3. The maximum atomic E-state index is 13.8. The van der Waals surface area contributed by atoms with E-state index in [-0.39, 0.29) is 5.69 Å². The molecule has 0 atom stereocenters. The molecule has 0 bridgehead atoms. The van der Waals surface area contributed by atoms with Crippen LogP contribution in [0.15, 0.2) is 28.7 Å². The maximum Gasteiger partial charge on any atom is 0.261 e. The number of methoxy groups -OCH3 is 1. The number of hydrogen-bond donors (Lipinski definition) is 1. The Kier molecular flexibility index (Phi) is 4.70. The number of hydrogen-bond acceptors (Lipinski definition) is 2. The van der Waals surface area contributed by atoms with Crippen molar-refractivity contribution in [2.75, 3.05) is 12.4 Å². The Morgan fingerprint density at radius 2 is 1.50 bits per heavy atom. The number of benzene rings is 2. The Labute approximate surface area is 131 Å². The van der Waals surface area contributed by atoms with Crippen LogP contribution in [0.25, 0.3) is 0 Å². The zero-order chi connectivity index (χ0) is 16.4.